The zero-order valence-corrected chi connectivity index (χ0v) is 17.9. The van der Waals surface area contributed by atoms with E-state index in [0.717, 1.165) is 5.92 Å². The third kappa shape index (κ3) is 2.84. The van der Waals surface area contributed by atoms with Crippen LogP contribution in [-0.4, -0.2) is 4.90 Å². The Kier molecular flexibility index (Phi) is 4.53. The molecule has 2 heterocycles. The predicted molar refractivity (Wildman–Crippen MR) is 121 cm³/mol. The molecule has 2 nitrogen and oxygen atoms in total. The summed E-state index contributed by atoms with van der Waals surface area (Å²) in [5.41, 5.74) is 7.06. The fraction of sp³-hybridized carbons (Fsp3) is 0.407. The molecule has 0 radical (unpaired) electrons. The number of rotatable bonds is 3. The average Bonchev–Trinajstić information content (AvgIpc) is 3.26. The van der Waals surface area contributed by atoms with Gasteiger partial charge < -0.3 is 9.80 Å². The van der Waals surface area contributed by atoms with Crippen molar-refractivity contribution in [3.63, 3.8) is 0 Å². The zero-order chi connectivity index (χ0) is 20.0. The predicted octanol–water partition coefficient (Wildman–Crippen LogP) is 7.16. The van der Waals surface area contributed by atoms with Gasteiger partial charge >= 0.3 is 0 Å². The van der Waals surface area contributed by atoms with Gasteiger partial charge in [0.15, 0.2) is 0 Å². The van der Waals surface area contributed by atoms with Gasteiger partial charge in [-0.1, -0.05) is 80.8 Å². The van der Waals surface area contributed by atoms with Crippen molar-refractivity contribution in [3.8, 4) is 0 Å². The topological polar surface area (TPSA) is 6.48 Å². The Morgan fingerprint density at radius 3 is 2.28 bits per heavy atom. The number of allylic oxidation sites excluding steroid dienone is 2. The lowest BCUT2D eigenvalue weighted by Gasteiger charge is -2.38. The molecule has 2 unspecified atom stereocenters. The Hall–Kier alpha value is -2.48. The lowest BCUT2D eigenvalue weighted by atomic mass is 9.68. The van der Waals surface area contributed by atoms with Gasteiger partial charge in [-0.15, -0.1) is 0 Å². The highest BCUT2D eigenvalue weighted by molar-refractivity contribution is 5.63. The monoisotopic (exact) mass is 384 g/mol. The molecule has 2 atom stereocenters. The van der Waals surface area contributed by atoms with Gasteiger partial charge in [0.1, 0.15) is 6.17 Å². The average molecular weight is 385 g/mol. The SMILES string of the molecule is CC1=C2N(C=CC2(C)C2CCCCC2)C(c2ccccc2)N1c1ccccc1C. The molecule has 2 aromatic carbocycles. The summed E-state index contributed by atoms with van der Waals surface area (Å²) in [6.07, 6.45) is 11.9. The molecule has 0 N–H and O–H groups in total. The van der Waals surface area contributed by atoms with Gasteiger partial charge in [-0.05, 0) is 49.8 Å². The molecule has 1 aliphatic carbocycles. The summed E-state index contributed by atoms with van der Waals surface area (Å²) in [5, 5.41) is 0. The van der Waals surface area contributed by atoms with E-state index < -0.39 is 0 Å². The van der Waals surface area contributed by atoms with Crippen LogP contribution >= 0.6 is 0 Å². The minimum absolute atomic E-state index is 0.134. The highest BCUT2D eigenvalue weighted by atomic mass is 15.4. The van der Waals surface area contributed by atoms with Crippen LogP contribution in [0.4, 0.5) is 5.69 Å². The lowest BCUT2D eigenvalue weighted by molar-refractivity contribution is 0.205. The summed E-state index contributed by atoms with van der Waals surface area (Å²) in [6, 6.07) is 19.8. The van der Waals surface area contributed by atoms with Crippen molar-refractivity contribution in [2.75, 3.05) is 4.90 Å². The van der Waals surface area contributed by atoms with Gasteiger partial charge in [0, 0.05) is 28.7 Å². The summed E-state index contributed by atoms with van der Waals surface area (Å²) < 4.78 is 0. The van der Waals surface area contributed by atoms with Crippen molar-refractivity contribution >= 4 is 5.69 Å². The second-order valence-corrected chi connectivity index (χ2v) is 9.22. The van der Waals surface area contributed by atoms with Gasteiger partial charge in [-0.25, -0.2) is 0 Å². The van der Waals surface area contributed by atoms with Crippen LogP contribution in [-0.2, 0) is 0 Å². The first-order valence-electron chi connectivity index (χ1n) is 11.2. The van der Waals surface area contributed by atoms with Gasteiger partial charge in [0.2, 0.25) is 0 Å². The number of aryl methyl sites for hydroxylation is 1. The Labute approximate surface area is 175 Å². The molecule has 29 heavy (non-hydrogen) atoms. The van der Waals surface area contributed by atoms with Crippen molar-refractivity contribution in [2.45, 2.75) is 59.0 Å². The van der Waals surface area contributed by atoms with E-state index in [1.165, 1.54) is 60.3 Å². The highest BCUT2D eigenvalue weighted by Crippen LogP contribution is 2.57. The zero-order valence-electron chi connectivity index (χ0n) is 17.9. The third-order valence-corrected chi connectivity index (χ3v) is 7.49. The number of para-hydroxylation sites is 1. The van der Waals surface area contributed by atoms with Gasteiger partial charge in [-0.2, -0.15) is 0 Å². The Morgan fingerprint density at radius 2 is 1.55 bits per heavy atom. The molecule has 0 aromatic heterocycles. The Bertz CT molecular complexity index is 952. The summed E-state index contributed by atoms with van der Waals surface area (Å²) >= 11 is 0. The molecule has 2 aliphatic heterocycles. The van der Waals surface area contributed by atoms with Gasteiger partial charge in [0.05, 0.1) is 0 Å². The lowest BCUT2D eigenvalue weighted by Crippen LogP contribution is -2.32. The molecule has 150 valence electrons. The molecule has 0 bridgehead atoms. The number of anilines is 1. The molecule has 3 aliphatic rings. The van der Waals surface area contributed by atoms with Gasteiger partial charge in [0.25, 0.3) is 0 Å². The van der Waals surface area contributed by atoms with E-state index in [-0.39, 0.29) is 11.6 Å². The maximum absolute atomic E-state index is 2.57. The van der Waals surface area contributed by atoms with E-state index in [2.05, 4.69) is 97.4 Å². The summed E-state index contributed by atoms with van der Waals surface area (Å²) in [4.78, 5) is 5.14. The van der Waals surface area contributed by atoms with Gasteiger partial charge in [-0.3, -0.25) is 0 Å². The quantitative estimate of drug-likeness (QED) is 0.554. The van der Waals surface area contributed by atoms with Crippen LogP contribution in [0.2, 0.25) is 0 Å². The summed E-state index contributed by atoms with van der Waals surface area (Å²) in [6.45, 7) is 7.06. The number of nitrogens with zero attached hydrogens (tertiary/aromatic N) is 2. The van der Waals surface area contributed by atoms with Crippen molar-refractivity contribution in [1.82, 2.24) is 4.90 Å². The van der Waals surface area contributed by atoms with E-state index in [4.69, 9.17) is 0 Å². The summed E-state index contributed by atoms with van der Waals surface area (Å²) in [5.74, 6) is 0.746. The first-order chi connectivity index (χ1) is 14.1. The molecular formula is C27H32N2. The number of hydrogen-bond donors (Lipinski definition) is 0. The second kappa shape index (κ2) is 7.09. The number of benzene rings is 2. The van der Waals surface area contributed by atoms with Crippen LogP contribution in [0, 0.1) is 18.3 Å². The second-order valence-electron chi connectivity index (χ2n) is 9.22. The number of hydrogen-bond acceptors (Lipinski definition) is 2. The van der Waals surface area contributed by atoms with Crippen molar-refractivity contribution < 1.29 is 0 Å². The fourth-order valence-corrected chi connectivity index (χ4v) is 5.98. The molecule has 2 aromatic rings. The largest absolute Gasteiger partial charge is 0.324 e. The van der Waals surface area contributed by atoms with E-state index in [9.17, 15) is 0 Å². The highest BCUT2D eigenvalue weighted by Gasteiger charge is 2.50. The molecule has 0 spiro atoms. The van der Waals surface area contributed by atoms with Crippen LogP contribution in [0.1, 0.15) is 63.2 Å². The van der Waals surface area contributed by atoms with Crippen molar-refractivity contribution in [1.29, 1.82) is 0 Å². The molecular weight excluding hydrogens is 352 g/mol. The molecule has 5 rings (SSSR count). The molecule has 0 saturated heterocycles. The summed E-state index contributed by atoms with van der Waals surface area (Å²) in [7, 11) is 0. The van der Waals surface area contributed by atoms with Crippen LogP contribution < -0.4 is 4.90 Å². The van der Waals surface area contributed by atoms with E-state index in [1.807, 2.05) is 0 Å². The standard InChI is InChI=1S/C27H32N2/c1-20-12-10-11-17-24(20)29-21(2)25-27(3,23-15-8-5-9-16-23)18-19-28(25)26(29)22-13-6-4-7-14-22/h4,6-7,10-14,17-19,23,26H,5,8-9,15-16H2,1-3H3. The fourth-order valence-electron chi connectivity index (χ4n) is 5.98. The minimum Gasteiger partial charge on any atom is -0.324 e. The Morgan fingerprint density at radius 1 is 0.862 bits per heavy atom. The first kappa shape index (κ1) is 18.5. The van der Waals surface area contributed by atoms with Crippen LogP contribution in [0.15, 0.2) is 78.3 Å². The minimum atomic E-state index is 0.134. The smallest absolute Gasteiger partial charge is 0.136 e. The van der Waals surface area contributed by atoms with E-state index in [0.29, 0.717) is 0 Å². The number of fused-ring (bicyclic) bond motifs is 1. The third-order valence-electron chi connectivity index (χ3n) is 7.49. The maximum atomic E-state index is 2.57. The Balaban J connectivity index is 1.65. The maximum Gasteiger partial charge on any atom is 0.136 e. The van der Waals surface area contributed by atoms with Crippen LogP contribution in [0.3, 0.4) is 0 Å². The van der Waals surface area contributed by atoms with E-state index in [1.54, 1.807) is 0 Å². The molecule has 1 fully saturated rings. The van der Waals surface area contributed by atoms with Crippen molar-refractivity contribution in [2.24, 2.45) is 11.3 Å². The first-order valence-corrected chi connectivity index (χ1v) is 11.2. The molecule has 0 amide bonds. The molecule has 1 saturated carbocycles. The normalized spacial score (nSPS) is 27.1. The molecule has 2 heteroatoms. The van der Waals surface area contributed by atoms with Crippen LogP contribution in [0.5, 0.6) is 0 Å². The van der Waals surface area contributed by atoms with Crippen LogP contribution in [0.25, 0.3) is 0 Å². The van der Waals surface area contributed by atoms with E-state index >= 15 is 0 Å². The van der Waals surface area contributed by atoms with Crippen molar-refractivity contribution in [3.05, 3.63) is 89.4 Å².